The van der Waals surface area contributed by atoms with E-state index in [9.17, 15) is 9.59 Å². The largest absolute Gasteiger partial charge is 0.325 e. The number of aliphatic imine (C=N–C) groups is 1. The van der Waals surface area contributed by atoms with Crippen molar-refractivity contribution >= 4 is 28.9 Å². The standard InChI is InChI=1S/C16H14N2O2S/c1-2-10-7-15(19)18-14-8-12(3-4-13(10)14)17-16(20)11-5-6-21-9-11/h3-9,13H,2H2,1H3,(H,18,19). The maximum Gasteiger partial charge on any atom is 0.278 e. The van der Waals surface area contributed by atoms with Gasteiger partial charge in [-0.2, -0.15) is 11.3 Å². The van der Waals surface area contributed by atoms with Crippen LogP contribution in [0.2, 0.25) is 0 Å². The second-order valence-electron chi connectivity index (χ2n) is 4.85. The number of hydrogen-bond acceptors (Lipinski definition) is 3. The number of amides is 2. The first kappa shape index (κ1) is 13.7. The van der Waals surface area contributed by atoms with Crippen molar-refractivity contribution in [3.05, 3.63) is 58.0 Å². The Labute approximate surface area is 126 Å². The zero-order chi connectivity index (χ0) is 14.8. The first-order chi connectivity index (χ1) is 10.2. The van der Waals surface area contributed by atoms with Gasteiger partial charge in [0.2, 0.25) is 5.91 Å². The van der Waals surface area contributed by atoms with Gasteiger partial charge >= 0.3 is 0 Å². The number of fused-ring (bicyclic) bond motifs is 1. The van der Waals surface area contributed by atoms with Gasteiger partial charge in [0.05, 0.1) is 11.3 Å². The first-order valence-electron chi connectivity index (χ1n) is 6.74. The highest BCUT2D eigenvalue weighted by Crippen LogP contribution is 2.28. The van der Waals surface area contributed by atoms with Crippen molar-refractivity contribution in [3.8, 4) is 0 Å². The van der Waals surface area contributed by atoms with Gasteiger partial charge in [-0.1, -0.05) is 18.6 Å². The van der Waals surface area contributed by atoms with E-state index in [2.05, 4.69) is 10.3 Å². The van der Waals surface area contributed by atoms with Crippen LogP contribution in [0.25, 0.3) is 0 Å². The Morgan fingerprint density at radius 1 is 1.43 bits per heavy atom. The maximum atomic E-state index is 12.0. The van der Waals surface area contributed by atoms with Crippen LogP contribution < -0.4 is 5.32 Å². The predicted molar refractivity (Wildman–Crippen MR) is 83.3 cm³/mol. The second-order valence-corrected chi connectivity index (χ2v) is 5.63. The van der Waals surface area contributed by atoms with E-state index in [0.717, 1.165) is 17.7 Å². The fraction of sp³-hybridized carbons (Fsp3) is 0.188. The van der Waals surface area contributed by atoms with Crippen molar-refractivity contribution in [2.24, 2.45) is 10.9 Å². The summed E-state index contributed by atoms with van der Waals surface area (Å²) in [5, 5.41) is 6.44. The number of rotatable bonds is 2. The summed E-state index contributed by atoms with van der Waals surface area (Å²) < 4.78 is 0. The summed E-state index contributed by atoms with van der Waals surface area (Å²) in [5.41, 5.74) is 3.02. The molecule has 0 fully saturated rings. The Morgan fingerprint density at radius 2 is 2.29 bits per heavy atom. The number of allylic oxidation sites excluding steroid dienone is 3. The monoisotopic (exact) mass is 298 g/mol. The number of carbonyl (C=O) groups excluding carboxylic acids is 2. The third-order valence-electron chi connectivity index (χ3n) is 3.49. The molecule has 2 heterocycles. The van der Waals surface area contributed by atoms with Crippen molar-refractivity contribution in [2.45, 2.75) is 13.3 Å². The van der Waals surface area contributed by atoms with Crippen molar-refractivity contribution < 1.29 is 9.59 Å². The molecule has 1 unspecified atom stereocenters. The van der Waals surface area contributed by atoms with Crippen LogP contribution in [0.4, 0.5) is 0 Å². The summed E-state index contributed by atoms with van der Waals surface area (Å²) >= 11 is 1.46. The molecule has 5 heteroatoms. The SMILES string of the molecule is CCC1=CC(=O)NC2=CC(=NC(=O)c3ccsc3)C=CC12. The number of hydrogen-bond donors (Lipinski definition) is 1. The van der Waals surface area contributed by atoms with E-state index in [1.54, 1.807) is 23.6 Å². The Hall–Kier alpha value is -2.27. The quantitative estimate of drug-likeness (QED) is 0.912. The van der Waals surface area contributed by atoms with Crippen LogP contribution in [-0.2, 0) is 4.79 Å². The fourth-order valence-corrected chi connectivity index (χ4v) is 3.06. The first-order valence-corrected chi connectivity index (χ1v) is 7.68. The zero-order valence-electron chi connectivity index (χ0n) is 11.5. The van der Waals surface area contributed by atoms with E-state index < -0.39 is 0 Å². The van der Waals surface area contributed by atoms with E-state index in [4.69, 9.17) is 0 Å². The zero-order valence-corrected chi connectivity index (χ0v) is 12.3. The van der Waals surface area contributed by atoms with Gasteiger partial charge in [-0.05, 0) is 30.0 Å². The summed E-state index contributed by atoms with van der Waals surface area (Å²) in [5.74, 6) is -0.296. The van der Waals surface area contributed by atoms with Crippen LogP contribution in [-0.4, -0.2) is 17.5 Å². The van der Waals surface area contributed by atoms with Crippen LogP contribution >= 0.6 is 11.3 Å². The van der Waals surface area contributed by atoms with Crippen molar-refractivity contribution in [1.82, 2.24) is 5.32 Å². The minimum absolute atomic E-state index is 0.0860. The molecule has 1 aromatic heterocycles. The molecule has 3 rings (SSSR count). The van der Waals surface area contributed by atoms with Crippen molar-refractivity contribution in [1.29, 1.82) is 0 Å². The number of carbonyl (C=O) groups is 2. The van der Waals surface area contributed by atoms with Gasteiger partial charge in [0.15, 0.2) is 0 Å². The van der Waals surface area contributed by atoms with Gasteiger partial charge in [0, 0.05) is 23.1 Å². The van der Waals surface area contributed by atoms with Gasteiger partial charge in [-0.25, -0.2) is 4.99 Å². The summed E-state index contributed by atoms with van der Waals surface area (Å²) in [6.07, 6.45) is 8.05. The molecule has 1 aliphatic carbocycles. The average molecular weight is 298 g/mol. The van der Waals surface area contributed by atoms with Gasteiger partial charge in [-0.15, -0.1) is 0 Å². The Kier molecular flexibility index (Phi) is 3.66. The predicted octanol–water partition coefficient (Wildman–Crippen LogP) is 2.87. The molecule has 2 amide bonds. The third kappa shape index (κ3) is 2.78. The van der Waals surface area contributed by atoms with Gasteiger partial charge in [-0.3, -0.25) is 9.59 Å². The van der Waals surface area contributed by atoms with E-state index in [0.29, 0.717) is 11.3 Å². The van der Waals surface area contributed by atoms with Crippen LogP contribution in [0.15, 0.2) is 57.4 Å². The summed E-state index contributed by atoms with van der Waals surface area (Å²) in [7, 11) is 0. The lowest BCUT2D eigenvalue weighted by molar-refractivity contribution is -0.116. The molecule has 1 atom stereocenters. The van der Waals surface area contributed by atoms with Gasteiger partial charge in [0.1, 0.15) is 0 Å². The second kappa shape index (κ2) is 5.61. The van der Waals surface area contributed by atoms with E-state index in [1.165, 1.54) is 11.3 Å². The molecule has 1 N–H and O–H groups in total. The lowest BCUT2D eigenvalue weighted by Crippen LogP contribution is -2.33. The Morgan fingerprint density at radius 3 is 3.00 bits per heavy atom. The topological polar surface area (TPSA) is 58.5 Å². The lowest BCUT2D eigenvalue weighted by atomic mass is 9.86. The van der Waals surface area contributed by atoms with Crippen LogP contribution in [0.1, 0.15) is 23.7 Å². The van der Waals surface area contributed by atoms with E-state index in [1.807, 2.05) is 24.5 Å². The molecule has 1 aromatic rings. The summed E-state index contributed by atoms with van der Waals surface area (Å²) in [6, 6.07) is 1.75. The molecule has 0 aromatic carbocycles. The summed E-state index contributed by atoms with van der Waals surface area (Å²) in [4.78, 5) is 27.7. The van der Waals surface area contributed by atoms with Crippen LogP contribution in [0, 0.1) is 5.92 Å². The normalized spacial score (nSPS) is 22.4. The molecule has 0 spiro atoms. The molecule has 0 saturated carbocycles. The lowest BCUT2D eigenvalue weighted by Gasteiger charge is -2.26. The number of nitrogens with zero attached hydrogens (tertiary/aromatic N) is 1. The highest BCUT2D eigenvalue weighted by atomic mass is 32.1. The highest BCUT2D eigenvalue weighted by molar-refractivity contribution is 7.08. The van der Waals surface area contributed by atoms with E-state index in [-0.39, 0.29) is 17.7 Å². The van der Waals surface area contributed by atoms with Crippen LogP contribution in [0.5, 0.6) is 0 Å². The maximum absolute atomic E-state index is 12.0. The minimum Gasteiger partial charge on any atom is -0.325 e. The highest BCUT2D eigenvalue weighted by Gasteiger charge is 2.25. The Bertz CT molecular complexity index is 709. The number of nitrogens with one attached hydrogen (secondary N) is 1. The molecule has 0 bridgehead atoms. The molecular formula is C16H14N2O2S. The van der Waals surface area contributed by atoms with Crippen molar-refractivity contribution in [3.63, 3.8) is 0 Å². The number of thiophene rings is 1. The molecule has 0 radical (unpaired) electrons. The third-order valence-corrected chi connectivity index (χ3v) is 4.17. The molecule has 2 aliphatic rings. The van der Waals surface area contributed by atoms with Crippen LogP contribution in [0.3, 0.4) is 0 Å². The molecule has 1 aliphatic heterocycles. The average Bonchev–Trinajstić information content (AvgIpc) is 3.00. The minimum atomic E-state index is -0.264. The fourth-order valence-electron chi connectivity index (χ4n) is 2.43. The summed E-state index contributed by atoms with van der Waals surface area (Å²) in [6.45, 7) is 2.03. The molecular weight excluding hydrogens is 284 g/mol. The Balaban J connectivity index is 1.88. The van der Waals surface area contributed by atoms with Gasteiger partial charge in [0.25, 0.3) is 5.91 Å². The molecule has 4 nitrogen and oxygen atoms in total. The molecule has 0 saturated heterocycles. The van der Waals surface area contributed by atoms with Gasteiger partial charge < -0.3 is 5.32 Å². The molecule has 21 heavy (non-hydrogen) atoms. The van der Waals surface area contributed by atoms with Crippen molar-refractivity contribution in [2.75, 3.05) is 0 Å². The molecule has 106 valence electrons. The van der Waals surface area contributed by atoms with E-state index >= 15 is 0 Å². The smallest absolute Gasteiger partial charge is 0.278 e.